The number of carbonyl (C=O) groups excluding carboxylic acids is 1. The molecule has 0 spiro atoms. The number of nitrogens with one attached hydrogen (secondary N) is 1. The highest BCUT2D eigenvalue weighted by molar-refractivity contribution is 6.48. The number of benzene rings is 2. The molecule has 3 aromatic rings. The van der Waals surface area contributed by atoms with Gasteiger partial charge in [0.15, 0.2) is 0 Å². The van der Waals surface area contributed by atoms with Gasteiger partial charge in [-0.1, -0.05) is 40.9 Å². The Labute approximate surface area is 236 Å². The van der Waals surface area contributed by atoms with E-state index in [1.54, 1.807) is 6.07 Å². The predicted octanol–water partition coefficient (Wildman–Crippen LogP) is 8.10. The molecule has 0 aliphatic carbocycles. The molecule has 0 saturated heterocycles. The lowest BCUT2D eigenvalue weighted by atomic mass is 9.95. The Morgan fingerprint density at radius 1 is 1.05 bits per heavy atom. The third-order valence-electron chi connectivity index (χ3n) is 5.14. The highest BCUT2D eigenvalue weighted by Gasteiger charge is 2.41. The molecule has 1 atom stereocenters. The molecule has 0 aliphatic rings. The van der Waals surface area contributed by atoms with Crippen LogP contribution in [0, 0.1) is 11.3 Å². The summed E-state index contributed by atoms with van der Waals surface area (Å²) in [4.78, 5) is 20.4. The van der Waals surface area contributed by atoms with Crippen LogP contribution in [0.25, 0.3) is 5.83 Å². The van der Waals surface area contributed by atoms with E-state index in [4.69, 9.17) is 40.1 Å². The van der Waals surface area contributed by atoms with Gasteiger partial charge in [0.1, 0.15) is 18.3 Å². The fourth-order valence-corrected chi connectivity index (χ4v) is 3.96. The number of anilines is 1. The summed E-state index contributed by atoms with van der Waals surface area (Å²) in [6, 6.07) is 6.05. The van der Waals surface area contributed by atoms with Crippen molar-refractivity contribution in [1.29, 1.82) is 5.26 Å². The Hall–Kier alpha value is -3.60. The highest BCUT2D eigenvalue weighted by atomic mass is 35.5. The molecular weight excluding hydrogens is 614 g/mol. The van der Waals surface area contributed by atoms with E-state index in [-0.39, 0.29) is 33.2 Å². The Morgan fingerprint density at radius 2 is 1.65 bits per heavy atom. The molecule has 0 radical (unpaired) electrons. The van der Waals surface area contributed by atoms with Gasteiger partial charge in [0, 0.05) is 18.0 Å². The summed E-state index contributed by atoms with van der Waals surface area (Å²) >= 11 is 17.3. The molecule has 1 unspecified atom stereocenters. The molecule has 1 N–H and O–H groups in total. The first-order valence-corrected chi connectivity index (χ1v) is 11.8. The number of hydrazine groups is 1. The first kappa shape index (κ1) is 30.9. The van der Waals surface area contributed by atoms with Gasteiger partial charge in [0.2, 0.25) is 5.95 Å². The van der Waals surface area contributed by atoms with Crippen LogP contribution in [0.2, 0.25) is 15.1 Å². The number of hydrogen-bond acceptors (Lipinski definition) is 5. The van der Waals surface area contributed by atoms with E-state index in [0.29, 0.717) is 17.1 Å². The summed E-state index contributed by atoms with van der Waals surface area (Å²) in [6.45, 7) is -0.746. The van der Waals surface area contributed by atoms with E-state index in [2.05, 4.69) is 15.4 Å². The van der Waals surface area contributed by atoms with Crippen LogP contribution in [0.15, 0.2) is 54.9 Å². The smallest absolute Gasteiger partial charge is 0.267 e. The lowest BCUT2D eigenvalue weighted by molar-refractivity contribution is -0.140. The summed E-state index contributed by atoms with van der Waals surface area (Å²) < 4.78 is 98.3. The highest BCUT2D eigenvalue weighted by Crippen LogP contribution is 2.43. The molecule has 3 rings (SSSR count). The van der Waals surface area contributed by atoms with Crippen LogP contribution < -0.4 is 5.43 Å². The summed E-state index contributed by atoms with van der Waals surface area (Å²) in [7, 11) is 0. The number of nitrogens with zero attached hydrogens (tertiary/aromatic N) is 4. The third-order valence-corrected chi connectivity index (χ3v) is 6.33. The minimum atomic E-state index is -5.25. The zero-order valence-electron chi connectivity index (χ0n) is 19.5. The van der Waals surface area contributed by atoms with Crippen LogP contribution in [-0.4, -0.2) is 33.6 Å². The van der Waals surface area contributed by atoms with E-state index < -0.39 is 58.8 Å². The Morgan fingerprint density at radius 3 is 2.17 bits per heavy atom. The Kier molecular flexibility index (Phi) is 9.50. The molecule has 40 heavy (non-hydrogen) atoms. The van der Waals surface area contributed by atoms with E-state index in [1.165, 1.54) is 18.5 Å². The Balaban J connectivity index is 2.06. The first-order chi connectivity index (χ1) is 18.6. The number of amides is 1. The van der Waals surface area contributed by atoms with Crippen molar-refractivity contribution in [2.24, 2.45) is 0 Å². The van der Waals surface area contributed by atoms with Crippen molar-refractivity contribution in [3.63, 3.8) is 0 Å². The molecule has 2 aromatic carbocycles. The maximum Gasteiger partial charge on any atom is 0.417 e. The van der Waals surface area contributed by atoms with Gasteiger partial charge in [0.05, 0.1) is 32.3 Å². The summed E-state index contributed by atoms with van der Waals surface area (Å²) in [6.07, 6.45) is -7.79. The molecule has 0 bridgehead atoms. The first-order valence-electron chi connectivity index (χ1n) is 10.7. The average Bonchev–Trinajstić information content (AvgIpc) is 2.88. The van der Waals surface area contributed by atoms with Gasteiger partial charge >= 0.3 is 12.4 Å². The summed E-state index contributed by atoms with van der Waals surface area (Å²) in [5.41, 5.74) is -1.92. The predicted molar refractivity (Wildman–Crippen MR) is 133 cm³/mol. The van der Waals surface area contributed by atoms with Crippen molar-refractivity contribution < 1.29 is 35.5 Å². The van der Waals surface area contributed by atoms with Gasteiger partial charge in [-0.2, -0.15) is 31.6 Å². The average molecular weight is 627 g/mol. The zero-order valence-corrected chi connectivity index (χ0v) is 21.7. The molecular formula is C24H13Cl3F7N5O. The molecule has 1 heterocycles. The molecule has 0 fully saturated rings. The van der Waals surface area contributed by atoms with E-state index in [9.17, 15) is 31.1 Å². The fraction of sp³-hybridized carbons (Fsp3) is 0.167. The molecule has 6 nitrogen and oxygen atoms in total. The number of aromatic nitrogens is 2. The van der Waals surface area contributed by atoms with Crippen LogP contribution in [0.4, 0.5) is 36.7 Å². The fourth-order valence-electron chi connectivity index (χ4n) is 3.35. The van der Waals surface area contributed by atoms with Crippen molar-refractivity contribution in [2.45, 2.75) is 18.3 Å². The number of carbonyl (C=O) groups is 1. The van der Waals surface area contributed by atoms with Crippen molar-refractivity contribution in [3.8, 4) is 6.07 Å². The van der Waals surface area contributed by atoms with Gasteiger partial charge < -0.3 is 0 Å². The van der Waals surface area contributed by atoms with Crippen LogP contribution in [0.5, 0.6) is 0 Å². The van der Waals surface area contributed by atoms with Gasteiger partial charge in [-0.25, -0.2) is 19.4 Å². The number of alkyl halides is 6. The van der Waals surface area contributed by atoms with Crippen molar-refractivity contribution in [1.82, 2.24) is 15.0 Å². The monoisotopic (exact) mass is 625 g/mol. The number of hydrogen-bond donors (Lipinski definition) is 1. The van der Waals surface area contributed by atoms with Crippen LogP contribution in [0.3, 0.4) is 0 Å². The lowest BCUT2D eigenvalue weighted by Gasteiger charge is -2.22. The van der Waals surface area contributed by atoms with Crippen LogP contribution in [0.1, 0.15) is 33.0 Å². The normalized spacial score (nSPS) is 13.0. The molecule has 1 amide bonds. The van der Waals surface area contributed by atoms with Crippen LogP contribution in [-0.2, 0) is 6.18 Å². The summed E-state index contributed by atoms with van der Waals surface area (Å²) in [5, 5.41) is 8.56. The quantitative estimate of drug-likeness (QED) is 0.124. The number of rotatable bonds is 7. The lowest BCUT2D eigenvalue weighted by Crippen LogP contribution is -2.38. The second-order valence-electron chi connectivity index (χ2n) is 7.82. The second kappa shape index (κ2) is 12.3. The second-order valence-corrected chi connectivity index (χ2v) is 9.02. The molecule has 0 aliphatic heterocycles. The van der Waals surface area contributed by atoms with E-state index in [1.807, 2.05) is 0 Å². The van der Waals surface area contributed by atoms with E-state index >= 15 is 4.39 Å². The maximum atomic E-state index is 15.1. The number of halogens is 10. The van der Waals surface area contributed by atoms with Gasteiger partial charge in [-0.05, 0) is 42.0 Å². The SMILES string of the molecule is N#CCN(Nc1ncccn1)C(=O)c1ccc(C(F)=CC(c2cc(Cl)c(Cl)c(Cl)c2)C(F)(F)F)cc1C(F)(F)F. The molecule has 16 heteroatoms. The summed E-state index contributed by atoms with van der Waals surface area (Å²) in [5.74, 6) is -5.93. The zero-order chi connectivity index (χ0) is 29.8. The largest absolute Gasteiger partial charge is 0.417 e. The number of allylic oxidation sites excluding steroid dienone is 1. The van der Waals surface area contributed by atoms with Crippen LogP contribution >= 0.6 is 34.8 Å². The van der Waals surface area contributed by atoms with Gasteiger partial charge in [-0.3, -0.25) is 10.2 Å². The molecule has 0 saturated carbocycles. The molecule has 210 valence electrons. The van der Waals surface area contributed by atoms with E-state index in [0.717, 1.165) is 12.1 Å². The standard InChI is InChI=1S/C24H13Cl3F7N5O/c25-17-9-13(10-18(26)20(17)27)15(23(29,30)31)11-19(28)12-2-3-14(16(8-12)24(32,33)34)21(40)39(7-4-35)38-22-36-5-1-6-37-22/h1-3,5-6,8-11,15H,7H2,(H,36,37,38). The number of nitriles is 1. The third kappa shape index (κ3) is 7.32. The van der Waals surface area contributed by atoms with Gasteiger partial charge in [-0.15, -0.1) is 0 Å². The van der Waals surface area contributed by atoms with Crippen molar-refractivity contribution in [3.05, 3.63) is 92.2 Å². The minimum Gasteiger partial charge on any atom is -0.267 e. The topological polar surface area (TPSA) is 81.9 Å². The maximum absolute atomic E-state index is 15.1. The van der Waals surface area contributed by atoms with Crippen molar-refractivity contribution in [2.75, 3.05) is 12.0 Å². The Bertz CT molecular complexity index is 1450. The van der Waals surface area contributed by atoms with Gasteiger partial charge in [0.25, 0.3) is 5.91 Å². The molecule has 1 aromatic heterocycles. The minimum absolute atomic E-state index is 0.0448. The van der Waals surface area contributed by atoms with Crippen molar-refractivity contribution >= 4 is 52.5 Å².